The molecule has 0 unspecified atom stereocenters. The summed E-state index contributed by atoms with van der Waals surface area (Å²) in [6, 6.07) is 22.3. The average Bonchev–Trinajstić information content (AvgIpc) is 2.64. The molecule has 0 radical (unpaired) electrons. The van der Waals surface area contributed by atoms with Crippen LogP contribution in [0, 0.1) is 6.92 Å². The van der Waals surface area contributed by atoms with Crippen molar-refractivity contribution in [2.24, 2.45) is 0 Å². The van der Waals surface area contributed by atoms with Crippen LogP contribution in [0.15, 0.2) is 72.8 Å². The molecule has 3 aromatic rings. The van der Waals surface area contributed by atoms with Crippen molar-refractivity contribution >= 4 is 28.8 Å². The Balaban J connectivity index is 1.69. The average molecular weight is 344 g/mol. The largest absolute Gasteiger partial charge is 0.356 e. The first-order valence-electron chi connectivity index (χ1n) is 8.38. The Kier molecular flexibility index (Phi) is 5.13. The van der Waals surface area contributed by atoms with Crippen LogP contribution >= 0.6 is 0 Å². The number of carbonyl (C=O) groups is 2. The first-order chi connectivity index (χ1) is 12.5. The molecule has 0 aromatic heterocycles. The highest BCUT2D eigenvalue weighted by atomic mass is 16.1. The molecule has 1 amide bonds. The van der Waals surface area contributed by atoms with Crippen LogP contribution < -0.4 is 10.6 Å². The van der Waals surface area contributed by atoms with Crippen molar-refractivity contribution in [3.05, 3.63) is 89.5 Å². The first-order valence-corrected chi connectivity index (χ1v) is 8.38. The third kappa shape index (κ3) is 4.16. The number of amides is 1. The summed E-state index contributed by atoms with van der Waals surface area (Å²) in [7, 11) is 0. The molecule has 0 saturated carbocycles. The predicted molar refractivity (Wildman–Crippen MR) is 105 cm³/mol. The van der Waals surface area contributed by atoms with Gasteiger partial charge in [-0.15, -0.1) is 0 Å². The topological polar surface area (TPSA) is 58.2 Å². The van der Waals surface area contributed by atoms with Crippen LogP contribution in [0.5, 0.6) is 0 Å². The van der Waals surface area contributed by atoms with Gasteiger partial charge in [0.05, 0.1) is 0 Å². The molecule has 0 spiro atoms. The molecule has 2 N–H and O–H groups in total. The molecule has 0 saturated heterocycles. The summed E-state index contributed by atoms with van der Waals surface area (Å²) in [6.07, 6.45) is 0. The van der Waals surface area contributed by atoms with Crippen molar-refractivity contribution in [1.82, 2.24) is 0 Å². The van der Waals surface area contributed by atoms with Gasteiger partial charge < -0.3 is 10.6 Å². The molecular formula is C22H20N2O2. The lowest BCUT2D eigenvalue weighted by molar-refractivity contribution is 0.101. The highest BCUT2D eigenvalue weighted by molar-refractivity contribution is 6.05. The monoisotopic (exact) mass is 344 g/mol. The third-order valence-electron chi connectivity index (χ3n) is 4.09. The van der Waals surface area contributed by atoms with Crippen LogP contribution in [-0.2, 0) is 0 Å². The van der Waals surface area contributed by atoms with E-state index in [0.717, 1.165) is 22.6 Å². The molecule has 0 bridgehead atoms. The smallest absolute Gasteiger partial charge is 0.255 e. The maximum Gasteiger partial charge on any atom is 0.255 e. The summed E-state index contributed by atoms with van der Waals surface area (Å²) in [5.41, 5.74) is 4.71. The lowest BCUT2D eigenvalue weighted by Gasteiger charge is -2.10. The fraction of sp³-hybridized carbons (Fsp3) is 0.0909. The molecule has 130 valence electrons. The number of hydrogen-bond donors (Lipinski definition) is 2. The summed E-state index contributed by atoms with van der Waals surface area (Å²) < 4.78 is 0. The van der Waals surface area contributed by atoms with Crippen molar-refractivity contribution in [2.75, 3.05) is 10.6 Å². The van der Waals surface area contributed by atoms with Crippen molar-refractivity contribution < 1.29 is 9.59 Å². The summed E-state index contributed by atoms with van der Waals surface area (Å²) in [4.78, 5) is 23.8. The fourth-order valence-corrected chi connectivity index (χ4v) is 2.65. The van der Waals surface area contributed by atoms with Gasteiger partial charge in [0.1, 0.15) is 0 Å². The van der Waals surface area contributed by atoms with Gasteiger partial charge in [0.25, 0.3) is 5.91 Å². The lowest BCUT2D eigenvalue weighted by Crippen LogP contribution is -2.13. The second-order valence-electron chi connectivity index (χ2n) is 6.11. The second kappa shape index (κ2) is 7.66. The molecule has 4 heteroatoms. The number of rotatable bonds is 5. The Labute approximate surface area is 152 Å². The number of hydrogen-bond acceptors (Lipinski definition) is 3. The van der Waals surface area contributed by atoms with Crippen LogP contribution in [0.25, 0.3) is 0 Å². The Morgan fingerprint density at radius 2 is 1.46 bits per heavy atom. The highest BCUT2D eigenvalue weighted by Gasteiger charge is 2.08. The van der Waals surface area contributed by atoms with Crippen molar-refractivity contribution in [1.29, 1.82) is 0 Å². The zero-order chi connectivity index (χ0) is 18.5. The standard InChI is InChI=1S/C22H20N2O2/c1-15-6-3-4-9-21(15)22(26)24-19-12-10-18(11-13-19)23-20-8-5-7-17(14-20)16(2)25/h3-14,23H,1-2H3,(H,24,26). The predicted octanol–water partition coefficient (Wildman–Crippen LogP) is 5.19. The Hall–Kier alpha value is -3.40. The van der Waals surface area contributed by atoms with Gasteiger partial charge in [0.2, 0.25) is 0 Å². The molecule has 4 nitrogen and oxygen atoms in total. The molecule has 0 aliphatic heterocycles. The summed E-state index contributed by atoms with van der Waals surface area (Å²) >= 11 is 0. The lowest BCUT2D eigenvalue weighted by atomic mass is 10.1. The van der Waals surface area contributed by atoms with Gasteiger partial charge in [0.15, 0.2) is 5.78 Å². The van der Waals surface area contributed by atoms with Crippen molar-refractivity contribution in [3.63, 3.8) is 0 Å². The van der Waals surface area contributed by atoms with Crippen LogP contribution in [0.1, 0.15) is 33.2 Å². The SMILES string of the molecule is CC(=O)c1cccc(Nc2ccc(NC(=O)c3ccccc3C)cc2)c1. The molecule has 0 aliphatic rings. The summed E-state index contributed by atoms with van der Waals surface area (Å²) in [6.45, 7) is 3.46. The Bertz CT molecular complexity index is 946. The van der Waals surface area contributed by atoms with Crippen LogP contribution in [0.3, 0.4) is 0 Å². The minimum atomic E-state index is -0.127. The first kappa shape index (κ1) is 17.4. The molecule has 0 aliphatic carbocycles. The molecular weight excluding hydrogens is 324 g/mol. The molecule has 0 fully saturated rings. The number of aryl methyl sites for hydroxylation is 1. The summed E-state index contributed by atoms with van der Waals surface area (Å²) in [5, 5.41) is 6.16. The van der Waals surface area contributed by atoms with E-state index in [1.165, 1.54) is 0 Å². The van der Waals surface area contributed by atoms with E-state index in [9.17, 15) is 9.59 Å². The molecule has 26 heavy (non-hydrogen) atoms. The third-order valence-corrected chi connectivity index (χ3v) is 4.09. The van der Waals surface area contributed by atoms with Gasteiger partial charge in [-0.05, 0) is 61.9 Å². The molecule has 3 rings (SSSR count). The van der Waals surface area contributed by atoms with Gasteiger partial charge in [-0.1, -0.05) is 30.3 Å². The molecule has 0 heterocycles. The minimum Gasteiger partial charge on any atom is -0.356 e. The number of ketones is 1. The Morgan fingerprint density at radius 3 is 2.15 bits per heavy atom. The normalized spacial score (nSPS) is 10.2. The van der Waals surface area contributed by atoms with Gasteiger partial charge in [-0.2, -0.15) is 0 Å². The number of Topliss-reactive ketones (excluding diaryl/α,β-unsaturated/α-hetero) is 1. The van der Waals surface area contributed by atoms with E-state index < -0.39 is 0 Å². The maximum atomic E-state index is 12.4. The van der Waals surface area contributed by atoms with E-state index >= 15 is 0 Å². The van der Waals surface area contributed by atoms with Crippen LogP contribution in [0.4, 0.5) is 17.1 Å². The Morgan fingerprint density at radius 1 is 0.769 bits per heavy atom. The second-order valence-corrected chi connectivity index (χ2v) is 6.11. The fourth-order valence-electron chi connectivity index (χ4n) is 2.65. The number of benzene rings is 3. The number of carbonyl (C=O) groups excluding carboxylic acids is 2. The summed E-state index contributed by atoms with van der Waals surface area (Å²) in [5.74, 6) is -0.0964. The van der Waals surface area contributed by atoms with E-state index in [2.05, 4.69) is 10.6 Å². The van der Waals surface area contributed by atoms with Gasteiger partial charge >= 0.3 is 0 Å². The van der Waals surface area contributed by atoms with Gasteiger partial charge in [0, 0.05) is 28.2 Å². The van der Waals surface area contributed by atoms with Gasteiger partial charge in [-0.25, -0.2) is 0 Å². The van der Waals surface area contributed by atoms with E-state index in [1.54, 1.807) is 13.0 Å². The van der Waals surface area contributed by atoms with Crippen molar-refractivity contribution in [3.8, 4) is 0 Å². The molecule has 3 aromatic carbocycles. The minimum absolute atomic E-state index is 0.0305. The van der Waals surface area contributed by atoms with Crippen LogP contribution in [-0.4, -0.2) is 11.7 Å². The van der Waals surface area contributed by atoms with E-state index in [0.29, 0.717) is 11.1 Å². The number of anilines is 3. The zero-order valence-electron chi connectivity index (χ0n) is 14.7. The van der Waals surface area contributed by atoms with Crippen LogP contribution in [0.2, 0.25) is 0 Å². The number of nitrogens with one attached hydrogen (secondary N) is 2. The zero-order valence-corrected chi connectivity index (χ0v) is 14.7. The van der Waals surface area contributed by atoms with E-state index in [4.69, 9.17) is 0 Å². The van der Waals surface area contributed by atoms with E-state index in [1.807, 2.05) is 73.7 Å². The highest BCUT2D eigenvalue weighted by Crippen LogP contribution is 2.21. The van der Waals surface area contributed by atoms with Gasteiger partial charge in [-0.3, -0.25) is 9.59 Å². The quantitative estimate of drug-likeness (QED) is 0.626. The van der Waals surface area contributed by atoms with E-state index in [-0.39, 0.29) is 11.7 Å². The van der Waals surface area contributed by atoms with Crippen molar-refractivity contribution in [2.45, 2.75) is 13.8 Å². The maximum absolute atomic E-state index is 12.4. The molecule has 0 atom stereocenters.